The summed E-state index contributed by atoms with van der Waals surface area (Å²) in [6, 6.07) is 4.20. The van der Waals surface area contributed by atoms with Crippen LogP contribution in [0.25, 0.3) is 0 Å². The maximum Gasteiger partial charge on any atom is 0.264 e. The van der Waals surface area contributed by atoms with Gasteiger partial charge in [-0.3, -0.25) is 19.3 Å². The number of rotatable bonds is 4. The van der Waals surface area contributed by atoms with Crippen molar-refractivity contribution >= 4 is 17.7 Å². The molecule has 6 heteroatoms. The first-order chi connectivity index (χ1) is 9.58. The monoisotopic (exact) mass is 276 g/mol. The first-order valence-corrected chi connectivity index (χ1v) is 6.52. The highest BCUT2D eigenvalue weighted by Gasteiger charge is 2.37. The molecule has 1 aromatic rings. The summed E-state index contributed by atoms with van der Waals surface area (Å²) in [5.41, 5.74) is -0.127. The van der Waals surface area contributed by atoms with E-state index in [4.69, 9.17) is 0 Å². The summed E-state index contributed by atoms with van der Waals surface area (Å²) in [6.07, 6.45) is 2.00. The minimum atomic E-state index is -0.703. The summed E-state index contributed by atoms with van der Waals surface area (Å²) < 4.78 is 13.6. The van der Waals surface area contributed by atoms with E-state index in [9.17, 15) is 18.8 Å². The molecule has 0 aromatic heterocycles. The van der Waals surface area contributed by atoms with Crippen LogP contribution in [0.3, 0.4) is 0 Å². The zero-order chi connectivity index (χ0) is 14.3. The van der Waals surface area contributed by atoms with E-state index < -0.39 is 17.6 Å². The molecule has 1 fully saturated rings. The molecule has 2 aliphatic rings. The number of fused-ring (bicyclic) bond motifs is 1. The maximum atomic E-state index is 13.6. The van der Waals surface area contributed by atoms with Crippen LogP contribution in [0.5, 0.6) is 0 Å². The van der Waals surface area contributed by atoms with Crippen molar-refractivity contribution in [1.29, 1.82) is 0 Å². The van der Waals surface area contributed by atoms with Crippen molar-refractivity contribution < 1.29 is 18.8 Å². The van der Waals surface area contributed by atoms with Gasteiger partial charge in [0.25, 0.3) is 11.8 Å². The zero-order valence-corrected chi connectivity index (χ0v) is 10.7. The van der Waals surface area contributed by atoms with Gasteiger partial charge in [0.2, 0.25) is 5.91 Å². The summed E-state index contributed by atoms with van der Waals surface area (Å²) in [7, 11) is 0. The van der Waals surface area contributed by atoms with Crippen LogP contribution < -0.4 is 5.32 Å². The van der Waals surface area contributed by atoms with E-state index in [-0.39, 0.29) is 36.0 Å². The molecule has 0 bridgehead atoms. The Morgan fingerprint density at radius 1 is 1.30 bits per heavy atom. The van der Waals surface area contributed by atoms with Crippen LogP contribution in [0.15, 0.2) is 18.2 Å². The average molecular weight is 276 g/mol. The van der Waals surface area contributed by atoms with Gasteiger partial charge in [0.05, 0.1) is 11.1 Å². The molecule has 3 amide bonds. The van der Waals surface area contributed by atoms with Crippen molar-refractivity contribution in [3.05, 3.63) is 35.1 Å². The third kappa shape index (κ3) is 2.17. The molecule has 0 radical (unpaired) electrons. The van der Waals surface area contributed by atoms with Gasteiger partial charge in [-0.1, -0.05) is 6.07 Å². The van der Waals surface area contributed by atoms with E-state index in [1.54, 1.807) is 0 Å². The van der Waals surface area contributed by atoms with Gasteiger partial charge in [-0.15, -0.1) is 0 Å². The predicted molar refractivity (Wildman–Crippen MR) is 67.5 cm³/mol. The molecule has 5 nitrogen and oxygen atoms in total. The quantitative estimate of drug-likeness (QED) is 0.837. The Morgan fingerprint density at radius 3 is 2.70 bits per heavy atom. The number of nitrogens with one attached hydrogen (secondary N) is 1. The number of benzene rings is 1. The largest absolute Gasteiger partial charge is 0.353 e. The summed E-state index contributed by atoms with van der Waals surface area (Å²) >= 11 is 0. The maximum absolute atomic E-state index is 13.6. The van der Waals surface area contributed by atoms with Gasteiger partial charge in [-0.2, -0.15) is 0 Å². The van der Waals surface area contributed by atoms with Gasteiger partial charge < -0.3 is 5.32 Å². The van der Waals surface area contributed by atoms with Gasteiger partial charge in [0, 0.05) is 19.0 Å². The van der Waals surface area contributed by atoms with E-state index >= 15 is 0 Å². The lowest BCUT2D eigenvalue weighted by Gasteiger charge is -2.13. The fourth-order valence-electron chi connectivity index (χ4n) is 2.24. The normalized spacial score (nSPS) is 17.4. The topological polar surface area (TPSA) is 66.5 Å². The number of amides is 3. The standard InChI is InChI=1S/C14H13FN2O3/c15-10-3-1-2-9-12(10)14(20)17(13(9)19)7-6-11(18)16-8-4-5-8/h1-3,8H,4-7H2,(H,16,18). The molecule has 1 aliphatic heterocycles. The molecule has 0 unspecified atom stereocenters. The third-order valence-corrected chi connectivity index (χ3v) is 3.45. The summed E-state index contributed by atoms with van der Waals surface area (Å²) in [4.78, 5) is 36.5. The first kappa shape index (κ1) is 12.8. The minimum Gasteiger partial charge on any atom is -0.353 e. The molecule has 0 spiro atoms. The number of carbonyl (C=O) groups is 3. The highest BCUT2D eigenvalue weighted by molar-refractivity contribution is 6.21. The molecular formula is C14H13FN2O3. The Kier molecular flexibility index (Phi) is 3.00. The molecule has 20 heavy (non-hydrogen) atoms. The van der Waals surface area contributed by atoms with E-state index in [2.05, 4.69) is 5.32 Å². The van der Waals surface area contributed by atoms with E-state index in [0.29, 0.717) is 0 Å². The first-order valence-electron chi connectivity index (χ1n) is 6.52. The second-order valence-corrected chi connectivity index (χ2v) is 5.02. The Labute approximate surface area is 114 Å². The van der Waals surface area contributed by atoms with Crippen LogP contribution in [0.2, 0.25) is 0 Å². The molecule has 1 heterocycles. The van der Waals surface area contributed by atoms with Crippen LogP contribution in [0, 0.1) is 5.82 Å². The second kappa shape index (κ2) is 4.70. The zero-order valence-electron chi connectivity index (χ0n) is 10.7. The molecule has 0 saturated heterocycles. The highest BCUT2D eigenvalue weighted by atomic mass is 19.1. The number of imide groups is 1. The lowest BCUT2D eigenvalue weighted by Crippen LogP contribution is -2.35. The molecule has 1 aromatic carbocycles. The van der Waals surface area contributed by atoms with E-state index in [1.807, 2.05) is 0 Å². The number of nitrogens with zero attached hydrogens (tertiary/aromatic N) is 1. The van der Waals surface area contributed by atoms with Gasteiger partial charge in [-0.05, 0) is 25.0 Å². The van der Waals surface area contributed by atoms with Crippen molar-refractivity contribution in [1.82, 2.24) is 10.2 Å². The van der Waals surface area contributed by atoms with Crippen LogP contribution in [0.1, 0.15) is 40.0 Å². The fourth-order valence-corrected chi connectivity index (χ4v) is 2.24. The summed E-state index contributed by atoms with van der Waals surface area (Å²) in [6.45, 7) is -0.0235. The SMILES string of the molecule is O=C(CCN1C(=O)c2cccc(F)c2C1=O)NC1CC1. The van der Waals surface area contributed by atoms with Crippen molar-refractivity contribution in [3.63, 3.8) is 0 Å². The molecule has 1 saturated carbocycles. The van der Waals surface area contributed by atoms with Crippen LogP contribution >= 0.6 is 0 Å². The highest BCUT2D eigenvalue weighted by Crippen LogP contribution is 2.25. The van der Waals surface area contributed by atoms with E-state index in [1.165, 1.54) is 12.1 Å². The van der Waals surface area contributed by atoms with Gasteiger partial charge in [0.15, 0.2) is 0 Å². The average Bonchev–Trinajstić information content (AvgIpc) is 3.17. The van der Waals surface area contributed by atoms with Gasteiger partial charge >= 0.3 is 0 Å². The molecule has 3 rings (SSSR count). The number of halogens is 1. The number of carbonyl (C=O) groups excluding carboxylic acids is 3. The Hall–Kier alpha value is -2.24. The van der Waals surface area contributed by atoms with Crippen molar-refractivity contribution in [2.24, 2.45) is 0 Å². The van der Waals surface area contributed by atoms with Crippen molar-refractivity contribution in [3.8, 4) is 0 Å². The fraction of sp³-hybridized carbons (Fsp3) is 0.357. The Balaban J connectivity index is 1.69. The molecule has 0 atom stereocenters. The number of hydrogen-bond donors (Lipinski definition) is 1. The number of hydrogen-bond acceptors (Lipinski definition) is 3. The Morgan fingerprint density at radius 2 is 2.05 bits per heavy atom. The van der Waals surface area contributed by atoms with Crippen LogP contribution in [-0.2, 0) is 4.79 Å². The predicted octanol–water partition coefficient (Wildman–Crippen LogP) is 1.09. The molecule has 1 N–H and O–H groups in total. The molecule has 104 valence electrons. The smallest absolute Gasteiger partial charge is 0.264 e. The molecular weight excluding hydrogens is 263 g/mol. The van der Waals surface area contributed by atoms with Crippen molar-refractivity contribution in [2.75, 3.05) is 6.54 Å². The third-order valence-electron chi connectivity index (χ3n) is 3.45. The molecule has 1 aliphatic carbocycles. The van der Waals surface area contributed by atoms with Crippen LogP contribution in [-0.4, -0.2) is 35.2 Å². The summed E-state index contributed by atoms with van der Waals surface area (Å²) in [5, 5.41) is 2.78. The minimum absolute atomic E-state index is 0.0235. The van der Waals surface area contributed by atoms with E-state index in [0.717, 1.165) is 23.8 Å². The lowest BCUT2D eigenvalue weighted by atomic mass is 10.1. The Bertz CT molecular complexity index is 610. The lowest BCUT2D eigenvalue weighted by molar-refractivity contribution is -0.121. The second-order valence-electron chi connectivity index (χ2n) is 5.02. The van der Waals surface area contributed by atoms with Crippen molar-refractivity contribution in [2.45, 2.75) is 25.3 Å². The van der Waals surface area contributed by atoms with Crippen LogP contribution in [0.4, 0.5) is 4.39 Å². The van der Waals surface area contributed by atoms with Gasteiger partial charge in [-0.25, -0.2) is 4.39 Å². The van der Waals surface area contributed by atoms with Gasteiger partial charge in [0.1, 0.15) is 5.82 Å². The summed E-state index contributed by atoms with van der Waals surface area (Å²) in [5.74, 6) is -2.10.